The van der Waals surface area contributed by atoms with Crippen molar-refractivity contribution in [3.63, 3.8) is 0 Å². The number of hydrogen-bond acceptors (Lipinski definition) is 4. The van der Waals surface area contributed by atoms with Crippen molar-refractivity contribution in [1.29, 1.82) is 0 Å². The SMILES string of the molecule is CCSc1ccccc1NCc1cncs1. The van der Waals surface area contributed by atoms with E-state index in [0.717, 1.165) is 12.3 Å². The highest BCUT2D eigenvalue weighted by Gasteiger charge is 2.01. The Morgan fingerprint density at radius 2 is 2.25 bits per heavy atom. The van der Waals surface area contributed by atoms with Crippen LogP contribution in [0.25, 0.3) is 0 Å². The van der Waals surface area contributed by atoms with Crippen molar-refractivity contribution >= 4 is 28.8 Å². The normalized spacial score (nSPS) is 10.3. The number of rotatable bonds is 5. The van der Waals surface area contributed by atoms with Crippen molar-refractivity contribution in [3.05, 3.63) is 40.8 Å². The lowest BCUT2D eigenvalue weighted by atomic mass is 10.3. The number of thioether (sulfide) groups is 1. The molecule has 0 atom stereocenters. The molecule has 1 N–H and O–H groups in total. The van der Waals surface area contributed by atoms with Gasteiger partial charge in [-0.3, -0.25) is 4.98 Å². The molecule has 0 aliphatic rings. The summed E-state index contributed by atoms with van der Waals surface area (Å²) in [6, 6.07) is 8.42. The lowest BCUT2D eigenvalue weighted by Gasteiger charge is -2.09. The first-order chi connectivity index (χ1) is 7.90. The number of nitrogens with one attached hydrogen (secondary N) is 1. The second-order valence-electron chi connectivity index (χ2n) is 3.25. The Morgan fingerprint density at radius 3 is 3.00 bits per heavy atom. The molecule has 0 unspecified atom stereocenters. The fraction of sp³-hybridized carbons (Fsp3) is 0.250. The molecule has 1 aromatic carbocycles. The second-order valence-corrected chi connectivity index (χ2v) is 5.53. The monoisotopic (exact) mass is 250 g/mol. The predicted octanol–water partition coefficient (Wildman–Crippen LogP) is 3.87. The van der Waals surface area contributed by atoms with E-state index in [0.29, 0.717) is 0 Å². The Balaban J connectivity index is 2.03. The summed E-state index contributed by atoms with van der Waals surface area (Å²) in [6.07, 6.45) is 1.91. The number of para-hydroxylation sites is 1. The Bertz CT molecular complexity index is 426. The molecule has 0 aliphatic carbocycles. The van der Waals surface area contributed by atoms with Crippen molar-refractivity contribution in [2.24, 2.45) is 0 Å². The van der Waals surface area contributed by atoms with Crippen LogP contribution in [0.1, 0.15) is 11.8 Å². The summed E-state index contributed by atoms with van der Waals surface area (Å²) in [5, 5.41) is 3.45. The fourth-order valence-corrected chi connectivity index (χ4v) is 2.72. The number of aromatic nitrogens is 1. The highest BCUT2D eigenvalue weighted by atomic mass is 32.2. The maximum atomic E-state index is 4.07. The molecule has 1 heterocycles. The average Bonchev–Trinajstić information content (AvgIpc) is 2.81. The minimum Gasteiger partial charge on any atom is -0.379 e. The predicted molar refractivity (Wildman–Crippen MR) is 72.3 cm³/mol. The van der Waals surface area contributed by atoms with Crippen molar-refractivity contribution in [2.45, 2.75) is 18.4 Å². The molecule has 0 aliphatic heterocycles. The van der Waals surface area contributed by atoms with Gasteiger partial charge in [0.2, 0.25) is 0 Å². The summed E-state index contributed by atoms with van der Waals surface area (Å²) in [5.41, 5.74) is 3.08. The largest absolute Gasteiger partial charge is 0.379 e. The first-order valence-electron chi connectivity index (χ1n) is 5.23. The number of thiazole rings is 1. The van der Waals surface area contributed by atoms with E-state index in [-0.39, 0.29) is 0 Å². The lowest BCUT2D eigenvalue weighted by molar-refractivity contribution is 1.15. The lowest BCUT2D eigenvalue weighted by Crippen LogP contribution is -1.98. The molecule has 84 valence electrons. The van der Waals surface area contributed by atoms with Crippen molar-refractivity contribution in [1.82, 2.24) is 4.98 Å². The molecule has 1 aromatic heterocycles. The van der Waals surface area contributed by atoms with Gasteiger partial charge in [-0.25, -0.2) is 0 Å². The van der Waals surface area contributed by atoms with Gasteiger partial charge in [-0.15, -0.1) is 23.1 Å². The second kappa shape index (κ2) is 5.92. The average molecular weight is 250 g/mol. The van der Waals surface area contributed by atoms with E-state index in [1.807, 2.05) is 23.5 Å². The van der Waals surface area contributed by atoms with Crippen LogP contribution in [0.4, 0.5) is 5.69 Å². The van der Waals surface area contributed by atoms with Gasteiger partial charge in [0, 0.05) is 21.7 Å². The highest BCUT2D eigenvalue weighted by molar-refractivity contribution is 7.99. The van der Waals surface area contributed by atoms with E-state index in [1.54, 1.807) is 11.3 Å². The van der Waals surface area contributed by atoms with Gasteiger partial charge < -0.3 is 5.32 Å². The van der Waals surface area contributed by atoms with Gasteiger partial charge in [-0.1, -0.05) is 19.1 Å². The summed E-state index contributed by atoms with van der Waals surface area (Å²) in [4.78, 5) is 6.64. The zero-order valence-corrected chi connectivity index (χ0v) is 10.8. The molecule has 4 heteroatoms. The van der Waals surface area contributed by atoms with Gasteiger partial charge in [0.15, 0.2) is 0 Å². The summed E-state index contributed by atoms with van der Waals surface area (Å²) in [7, 11) is 0. The van der Waals surface area contributed by atoms with Crippen LogP contribution >= 0.6 is 23.1 Å². The van der Waals surface area contributed by atoms with Gasteiger partial charge in [0.25, 0.3) is 0 Å². The maximum Gasteiger partial charge on any atom is 0.0794 e. The number of anilines is 1. The maximum absolute atomic E-state index is 4.07. The third-order valence-electron chi connectivity index (χ3n) is 2.12. The van der Waals surface area contributed by atoms with Gasteiger partial charge in [0.05, 0.1) is 12.1 Å². The zero-order valence-electron chi connectivity index (χ0n) is 9.14. The molecule has 0 saturated heterocycles. The third-order valence-corrected chi connectivity index (χ3v) is 3.86. The highest BCUT2D eigenvalue weighted by Crippen LogP contribution is 2.27. The molecular weight excluding hydrogens is 236 g/mol. The first kappa shape index (κ1) is 11.5. The molecule has 16 heavy (non-hydrogen) atoms. The van der Waals surface area contributed by atoms with Crippen LogP contribution in [0, 0.1) is 0 Å². The van der Waals surface area contributed by atoms with Crippen LogP contribution in [0.3, 0.4) is 0 Å². The van der Waals surface area contributed by atoms with Crippen molar-refractivity contribution in [3.8, 4) is 0 Å². The van der Waals surface area contributed by atoms with Crippen LogP contribution in [0.15, 0.2) is 40.9 Å². The molecule has 0 bridgehead atoms. The molecule has 0 fully saturated rings. The summed E-state index contributed by atoms with van der Waals surface area (Å²) in [5.74, 6) is 1.10. The topological polar surface area (TPSA) is 24.9 Å². The Morgan fingerprint density at radius 1 is 1.38 bits per heavy atom. The van der Waals surface area contributed by atoms with E-state index < -0.39 is 0 Å². The molecule has 0 amide bonds. The molecule has 2 nitrogen and oxygen atoms in total. The van der Waals surface area contributed by atoms with E-state index >= 15 is 0 Å². The fourth-order valence-electron chi connectivity index (χ4n) is 1.41. The minimum atomic E-state index is 0.853. The van der Waals surface area contributed by atoms with E-state index in [1.165, 1.54) is 15.5 Å². The molecule has 0 spiro atoms. The first-order valence-corrected chi connectivity index (χ1v) is 7.09. The molecular formula is C12H14N2S2. The number of benzene rings is 1. The van der Waals surface area contributed by atoms with Crippen LogP contribution < -0.4 is 5.32 Å². The molecule has 0 saturated carbocycles. The van der Waals surface area contributed by atoms with E-state index in [4.69, 9.17) is 0 Å². The van der Waals surface area contributed by atoms with Crippen LogP contribution in [0.2, 0.25) is 0 Å². The Kier molecular flexibility index (Phi) is 4.25. The number of hydrogen-bond donors (Lipinski definition) is 1. The van der Waals surface area contributed by atoms with Crippen LogP contribution in [-0.4, -0.2) is 10.7 Å². The summed E-state index contributed by atoms with van der Waals surface area (Å²) < 4.78 is 0. The van der Waals surface area contributed by atoms with Crippen LogP contribution in [-0.2, 0) is 6.54 Å². The third kappa shape index (κ3) is 3.00. The summed E-state index contributed by atoms with van der Waals surface area (Å²) >= 11 is 3.55. The quantitative estimate of drug-likeness (QED) is 0.815. The molecule has 2 rings (SSSR count). The Labute approximate surface area is 104 Å². The van der Waals surface area contributed by atoms with E-state index in [2.05, 4.69) is 41.5 Å². The zero-order chi connectivity index (χ0) is 11.2. The Hall–Kier alpha value is -1.00. The van der Waals surface area contributed by atoms with Crippen molar-refractivity contribution < 1.29 is 0 Å². The smallest absolute Gasteiger partial charge is 0.0794 e. The molecule has 0 radical (unpaired) electrons. The van der Waals surface area contributed by atoms with Gasteiger partial charge in [0.1, 0.15) is 0 Å². The van der Waals surface area contributed by atoms with Crippen molar-refractivity contribution in [2.75, 3.05) is 11.1 Å². The standard InChI is InChI=1S/C12H14N2S2/c1-2-15-12-6-4-3-5-11(12)14-8-10-7-13-9-16-10/h3-7,9,14H,2,8H2,1H3. The molecule has 2 aromatic rings. The van der Waals surface area contributed by atoms with Gasteiger partial charge in [-0.2, -0.15) is 0 Å². The van der Waals surface area contributed by atoms with Gasteiger partial charge in [-0.05, 0) is 17.9 Å². The minimum absolute atomic E-state index is 0.853. The van der Waals surface area contributed by atoms with Gasteiger partial charge >= 0.3 is 0 Å². The number of nitrogens with zero attached hydrogens (tertiary/aromatic N) is 1. The summed E-state index contributed by atoms with van der Waals surface area (Å²) in [6.45, 7) is 3.02. The van der Waals surface area contributed by atoms with E-state index in [9.17, 15) is 0 Å². The van der Waals surface area contributed by atoms with Crippen LogP contribution in [0.5, 0.6) is 0 Å².